The van der Waals surface area contributed by atoms with E-state index in [1.165, 1.54) is 24.3 Å². The van der Waals surface area contributed by atoms with Crippen molar-refractivity contribution in [3.8, 4) is 22.6 Å². The third-order valence-electron chi connectivity index (χ3n) is 4.76. The molecule has 7 nitrogen and oxygen atoms in total. The molecule has 0 aliphatic carbocycles. The number of rotatable bonds is 0. The van der Waals surface area contributed by atoms with Gasteiger partial charge in [0.15, 0.2) is 0 Å². The third-order valence-corrected chi connectivity index (χ3v) is 6.98. The molecule has 1 heterocycles. The lowest BCUT2D eigenvalue weighted by Crippen LogP contribution is -2.28. The van der Waals surface area contributed by atoms with E-state index in [-0.39, 0.29) is 45.1 Å². The van der Waals surface area contributed by atoms with E-state index in [1.807, 2.05) is 4.72 Å². The maximum absolute atomic E-state index is 14.7. The molecule has 4 bridgehead atoms. The van der Waals surface area contributed by atoms with Crippen LogP contribution in [0.3, 0.4) is 0 Å². The second-order valence-corrected chi connectivity index (χ2v) is 9.91. The number of ether oxygens (including phenoxy) is 1. The molecule has 0 unspecified atom stereocenters. The first-order valence-electron chi connectivity index (χ1n) is 9.32. The van der Waals surface area contributed by atoms with Gasteiger partial charge in [0.2, 0.25) is 0 Å². The number of phenolic OH excluding ortho intramolecular Hbond substituents is 1. The number of hydrogen-bond acceptors (Lipinski definition) is 5. The first-order valence-corrected chi connectivity index (χ1v) is 12.0. The molecule has 4 rings (SSSR count). The summed E-state index contributed by atoms with van der Waals surface area (Å²) in [6.07, 6.45) is 0. The number of hydrogen-bond donors (Lipinski definition) is 3. The average Bonchev–Trinajstić information content (AvgIpc) is 2.75. The molecule has 0 spiro atoms. The Balaban J connectivity index is 1.95. The number of halogens is 4. The van der Waals surface area contributed by atoms with Gasteiger partial charge in [-0.05, 0) is 52.3 Å². The Kier molecular flexibility index (Phi) is 6.21. The third kappa shape index (κ3) is 4.61. The molecule has 0 radical (unpaired) electrons. The Morgan fingerprint density at radius 1 is 1.06 bits per heavy atom. The minimum absolute atomic E-state index is 0.0152. The molecule has 1 aliphatic heterocycles. The highest BCUT2D eigenvalue weighted by molar-refractivity contribution is 9.10. The number of nitrogens with one attached hydrogen (secondary N) is 2. The Morgan fingerprint density at radius 3 is 2.58 bits per heavy atom. The van der Waals surface area contributed by atoms with E-state index in [1.54, 1.807) is 0 Å². The van der Waals surface area contributed by atoms with Gasteiger partial charge in [0.1, 0.15) is 34.6 Å². The number of sulfonamides is 1. The lowest BCUT2D eigenvalue weighted by atomic mass is 10.0. The second kappa shape index (κ2) is 8.81. The second-order valence-electron chi connectivity index (χ2n) is 6.97. The molecule has 3 N–H and O–H groups in total. The fourth-order valence-electron chi connectivity index (χ4n) is 3.21. The van der Waals surface area contributed by atoms with Crippen LogP contribution in [0.25, 0.3) is 11.1 Å². The summed E-state index contributed by atoms with van der Waals surface area (Å²) in [5.74, 6) is -3.32. The molecule has 0 atom stereocenters. The van der Waals surface area contributed by atoms with Gasteiger partial charge in [-0.25, -0.2) is 17.2 Å². The van der Waals surface area contributed by atoms with Crippen molar-refractivity contribution in [3.05, 3.63) is 69.2 Å². The molecular weight excluding hydrogens is 546 g/mol. The summed E-state index contributed by atoms with van der Waals surface area (Å²) in [6.45, 7) is 0.00950. The minimum Gasteiger partial charge on any atom is -0.505 e. The molecule has 172 valence electrons. The topological polar surface area (TPSA) is 105 Å². The molecule has 12 heteroatoms. The van der Waals surface area contributed by atoms with Gasteiger partial charge < -0.3 is 15.2 Å². The van der Waals surface area contributed by atoms with Crippen molar-refractivity contribution >= 4 is 49.1 Å². The monoisotopic (exact) mass is 558 g/mol. The van der Waals surface area contributed by atoms with Crippen LogP contribution in [0.15, 0.2) is 51.8 Å². The van der Waals surface area contributed by atoms with E-state index in [9.17, 15) is 27.1 Å². The van der Waals surface area contributed by atoms with Crippen molar-refractivity contribution in [2.45, 2.75) is 4.90 Å². The molecule has 0 fully saturated rings. The van der Waals surface area contributed by atoms with Gasteiger partial charge in [0.25, 0.3) is 15.9 Å². The zero-order valence-electron chi connectivity index (χ0n) is 16.5. The van der Waals surface area contributed by atoms with Crippen LogP contribution in [-0.4, -0.2) is 32.6 Å². The highest BCUT2D eigenvalue weighted by Crippen LogP contribution is 2.38. The average molecular weight is 560 g/mol. The summed E-state index contributed by atoms with van der Waals surface area (Å²) in [5.41, 5.74) is -0.697. The Labute approximate surface area is 200 Å². The van der Waals surface area contributed by atoms with Gasteiger partial charge in [-0.2, -0.15) is 0 Å². The summed E-state index contributed by atoms with van der Waals surface area (Å²) < 4.78 is 62.9. The fourth-order valence-corrected chi connectivity index (χ4v) is 5.18. The van der Waals surface area contributed by atoms with Crippen LogP contribution in [-0.2, 0) is 10.0 Å². The Morgan fingerprint density at radius 2 is 1.82 bits per heavy atom. The number of amides is 1. The van der Waals surface area contributed by atoms with Gasteiger partial charge >= 0.3 is 0 Å². The minimum atomic E-state index is -4.60. The molecule has 1 aliphatic rings. The van der Waals surface area contributed by atoms with Crippen molar-refractivity contribution in [1.29, 1.82) is 0 Å². The SMILES string of the molecule is O=C1NCCOc2ccc(Cl)cc2-c2cc(c(F)cc2F)NS(=O)(=O)c2cc1cc(Br)c2O. The molecular formula is C21H14BrClF2N2O5S. The predicted molar refractivity (Wildman–Crippen MR) is 121 cm³/mol. The molecule has 0 saturated heterocycles. The van der Waals surface area contributed by atoms with Crippen LogP contribution in [0.2, 0.25) is 5.02 Å². The van der Waals surface area contributed by atoms with Crippen LogP contribution in [0.1, 0.15) is 10.4 Å². The van der Waals surface area contributed by atoms with Gasteiger partial charge in [-0.3, -0.25) is 9.52 Å². The fraction of sp³-hybridized carbons (Fsp3) is 0.0952. The molecule has 33 heavy (non-hydrogen) atoms. The van der Waals surface area contributed by atoms with E-state index < -0.39 is 43.9 Å². The van der Waals surface area contributed by atoms with Crippen LogP contribution in [0, 0.1) is 11.6 Å². The van der Waals surface area contributed by atoms with E-state index in [0.29, 0.717) is 6.07 Å². The van der Waals surface area contributed by atoms with Gasteiger partial charge in [0.05, 0.1) is 16.7 Å². The molecule has 3 aromatic rings. The molecule has 1 amide bonds. The standard InChI is InChI=1S/C21H14BrClF2N2O5S/c22-14-5-10-6-19(20(14)28)33(30,31)27-17-8-12(15(24)9-16(17)25)13-7-11(23)1-2-18(13)32-4-3-26-21(10)29/h1-2,5-9,27-28H,3-4H2,(H,26,29). The van der Waals surface area contributed by atoms with Gasteiger partial charge in [0, 0.05) is 27.8 Å². The summed E-state index contributed by atoms with van der Waals surface area (Å²) in [7, 11) is -4.60. The summed E-state index contributed by atoms with van der Waals surface area (Å²) >= 11 is 9.06. The summed E-state index contributed by atoms with van der Waals surface area (Å²) in [4.78, 5) is 11.8. The quantitative estimate of drug-likeness (QED) is 0.371. The van der Waals surface area contributed by atoms with Crippen molar-refractivity contribution in [1.82, 2.24) is 5.32 Å². The normalized spacial score (nSPS) is 15.2. The summed E-state index contributed by atoms with van der Waals surface area (Å²) in [6, 6.07) is 8.01. The first-order chi connectivity index (χ1) is 15.6. The van der Waals surface area contributed by atoms with Crippen LogP contribution in [0.5, 0.6) is 11.5 Å². The highest BCUT2D eigenvalue weighted by atomic mass is 79.9. The molecule has 0 saturated carbocycles. The van der Waals surface area contributed by atoms with E-state index >= 15 is 0 Å². The number of carbonyl (C=O) groups is 1. The predicted octanol–water partition coefficient (Wildman–Crippen LogP) is 4.68. The van der Waals surface area contributed by atoms with Crippen LogP contribution >= 0.6 is 27.5 Å². The largest absolute Gasteiger partial charge is 0.505 e. The zero-order valence-corrected chi connectivity index (χ0v) is 19.6. The first kappa shape index (κ1) is 23.3. The van der Waals surface area contributed by atoms with Crippen molar-refractivity contribution in [2.75, 3.05) is 17.9 Å². The van der Waals surface area contributed by atoms with Crippen LogP contribution < -0.4 is 14.8 Å². The van der Waals surface area contributed by atoms with Gasteiger partial charge in [-0.15, -0.1) is 0 Å². The van der Waals surface area contributed by atoms with E-state index in [0.717, 1.165) is 12.1 Å². The number of carbonyl (C=O) groups excluding carboxylic acids is 1. The van der Waals surface area contributed by atoms with E-state index in [4.69, 9.17) is 16.3 Å². The highest BCUT2D eigenvalue weighted by Gasteiger charge is 2.26. The Hall–Kier alpha value is -2.89. The van der Waals surface area contributed by atoms with Crippen molar-refractivity contribution in [2.24, 2.45) is 0 Å². The van der Waals surface area contributed by atoms with Crippen molar-refractivity contribution in [3.63, 3.8) is 0 Å². The number of anilines is 1. The van der Waals surface area contributed by atoms with E-state index in [2.05, 4.69) is 21.2 Å². The lowest BCUT2D eigenvalue weighted by Gasteiger charge is -2.15. The molecule has 3 aromatic carbocycles. The number of aromatic hydroxyl groups is 1. The lowest BCUT2D eigenvalue weighted by molar-refractivity contribution is 0.0946. The Bertz CT molecular complexity index is 1400. The van der Waals surface area contributed by atoms with Gasteiger partial charge in [-0.1, -0.05) is 11.6 Å². The van der Waals surface area contributed by atoms with Crippen LogP contribution in [0.4, 0.5) is 14.5 Å². The summed E-state index contributed by atoms with van der Waals surface area (Å²) in [5, 5.41) is 13.1. The smallest absolute Gasteiger partial charge is 0.265 e. The maximum atomic E-state index is 14.7. The zero-order chi connectivity index (χ0) is 23.9. The number of benzene rings is 3. The molecule has 0 aromatic heterocycles. The maximum Gasteiger partial charge on any atom is 0.265 e. The van der Waals surface area contributed by atoms with Crippen molar-refractivity contribution < 1.29 is 31.8 Å². The number of phenols is 1. The number of fused-ring (bicyclic) bond motifs is 6.